The third-order valence-electron chi connectivity index (χ3n) is 4.71. The number of aromatic nitrogens is 1. The Morgan fingerprint density at radius 3 is 2.67 bits per heavy atom. The van der Waals surface area contributed by atoms with E-state index in [2.05, 4.69) is 4.98 Å². The van der Waals surface area contributed by atoms with E-state index in [0.29, 0.717) is 37.3 Å². The summed E-state index contributed by atoms with van der Waals surface area (Å²) in [6.07, 6.45) is 3.50. The van der Waals surface area contributed by atoms with Crippen molar-refractivity contribution in [2.75, 3.05) is 18.0 Å². The monoisotopic (exact) mass is 327 g/mol. The molecule has 2 aromatic rings. The van der Waals surface area contributed by atoms with Crippen LogP contribution in [0.3, 0.4) is 0 Å². The summed E-state index contributed by atoms with van der Waals surface area (Å²) in [5.41, 5.74) is 0.669. The van der Waals surface area contributed by atoms with E-state index < -0.39 is 5.60 Å². The number of aryl methyl sites for hydroxylation is 1. The number of hydrogen-bond donors (Lipinski definition) is 1. The zero-order valence-corrected chi connectivity index (χ0v) is 13.7. The molecule has 1 aromatic heterocycles. The Labute approximate surface area is 140 Å². The van der Waals surface area contributed by atoms with Crippen LogP contribution >= 0.6 is 0 Å². The van der Waals surface area contributed by atoms with Crippen LogP contribution < -0.4 is 4.90 Å². The Bertz CT molecular complexity index is 736. The third kappa shape index (κ3) is 3.10. The van der Waals surface area contributed by atoms with E-state index in [9.17, 15) is 15.2 Å². The van der Waals surface area contributed by atoms with E-state index in [1.165, 1.54) is 0 Å². The Hall–Kier alpha value is -2.47. The Kier molecular flexibility index (Phi) is 4.49. The topological polar surface area (TPSA) is 79.5 Å². The van der Waals surface area contributed by atoms with Crippen LogP contribution in [0.2, 0.25) is 0 Å². The molecule has 2 heterocycles. The second kappa shape index (κ2) is 6.57. The van der Waals surface area contributed by atoms with Crippen molar-refractivity contribution in [3.63, 3.8) is 0 Å². The maximum absolute atomic E-state index is 11.4. The van der Waals surface area contributed by atoms with Gasteiger partial charge in [-0.3, -0.25) is 10.1 Å². The number of benzene rings is 1. The number of rotatable bonds is 3. The van der Waals surface area contributed by atoms with Crippen LogP contribution in [0.5, 0.6) is 0 Å². The molecule has 6 nitrogen and oxygen atoms in total. The molecule has 1 N–H and O–H groups in total. The number of anilines is 1. The standard InChI is InChI=1S/C18H21N3O3/c1-14-8-11-19-17(16(14)21(23)24)20-12-5-9-18(22,10-13-20)15-6-3-2-4-7-15/h2-4,6-8,11,22H,5,9-10,12-13H2,1H3. The highest BCUT2D eigenvalue weighted by atomic mass is 16.6. The van der Waals surface area contributed by atoms with Crippen molar-refractivity contribution in [3.05, 3.63) is 63.8 Å². The Morgan fingerprint density at radius 1 is 1.21 bits per heavy atom. The van der Waals surface area contributed by atoms with Crippen molar-refractivity contribution < 1.29 is 10.0 Å². The van der Waals surface area contributed by atoms with Gasteiger partial charge in [-0.15, -0.1) is 0 Å². The molecule has 1 aliphatic heterocycles. The van der Waals surface area contributed by atoms with Crippen LogP contribution in [0, 0.1) is 17.0 Å². The fourth-order valence-corrected chi connectivity index (χ4v) is 3.36. The van der Waals surface area contributed by atoms with E-state index in [1.807, 2.05) is 35.2 Å². The average Bonchev–Trinajstić information content (AvgIpc) is 2.78. The van der Waals surface area contributed by atoms with Crippen molar-refractivity contribution >= 4 is 11.5 Å². The largest absolute Gasteiger partial charge is 0.385 e. The number of hydrogen-bond acceptors (Lipinski definition) is 5. The van der Waals surface area contributed by atoms with Crippen LogP contribution in [-0.2, 0) is 5.60 Å². The predicted molar refractivity (Wildman–Crippen MR) is 92.0 cm³/mol. The smallest absolute Gasteiger partial charge is 0.314 e. The van der Waals surface area contributed by atoms with Gasteiger partial charge >= 0.3 is 5.69 Å². The molecule has 1 aromatic carbocycles. The lowest BCUT2D eigenvalue weighted by molar-refractivity contribution is -0.384. The average molecular weight is 327 g/mol. The van der Waals surface area contributed by atoms with Gasteiger partial charge in [-0.1, -0.05) is 30.3 Å². The molecule has 0 aliphatic carbocycles. The van der Waals surface area contributed by atoms with E-state index in [0.717, 1.165) is 12.0 Å². The van der Waals surface area contributed by atoms with Gasteiger partial charge in [0.15, 0.2) is 0 Å². The van der Waals surface area contributed by atoms with Crippen LogP contribution in [0.25, 0.3) is 0 Å². The van der Waals surface area contributed by atoms with Crippen molar-refractivity contribution in [1.29, 1.82) is 0 Å². The molecule has 0 radical (unpaired) electrons. The van der Waals surface area contributed by atoms with Crippen LogP contribution in [0.15, 0.2) is 42.6 Å². The number of nitrogens with zero attached hydrogens (tertiary/aromatic N) is 3. The lowest BCUT2D eigenvalue weighted by atomic mass is 9.87. The lowest BCUT2D eigenvalue weighted by Gasteiger charge is -2.27. The van der Waals surface area contributed by atoms with E-state index >= 15 is 0 Å². The molecule has 1 fully saturated rings. The molecule has 1 saturated heterocycles. The zero-order valence-electron chi connectivity index (χ0n) is 13.7. The molecular formula is C18H21N3O3. The van der Waals surface area contributed by atoms with Gasteiger partial charge in [-0.25, -0.2) is 4.98 Å². The van der Waals surface area contributed by atoms with Gasteiger partial charge in [0.1, 0.15) is 0 Å². The predicted octanol–water partition coefficient (Wildman–Crippen LogP) is 3.18. The molecule has 3 rings (SSSR count). The maximum Gasteiger partial charge on any atom is 0.314 e. The minimum atomic E-state index is -0.894. The van der Waals surface area contributed by atoms with E-state index in [4.69, 9.17) is 0 Å². The second-order valence-corrected chi connectivity index (χ2v) is 6.30. The Balaban J connectivity index is 1.87. The summed E-state index contributed by atoms with van der Waals surface area (Å²) in [6, 6.07) is 11.3. The maximum atomic E-state index is 11.4. The van der Waals surface area contributed by atoms with Crippen LogP contribution in [0.4, 0.5) is 11.5 Å². The molecule has 126 valence electrons. The molecule has 0 bridgehead atoms. The summed E-state index contributed by atoms with van der Waals surface area (Å²) in [4.78, 5) is 17.2. The molecule has 1 atom stereocenters. The molecule has 0 saturated carbocycles. The highest BCUT2D eigenvalue weighted by Crippen LogP contribution is 2.36. The van der Waals surface area contributed by atoms with Gasteiger partial charge in [0.2, 0.25) is 5.82 Å². The summed E-state index contributed by atoms with van der Waals surface area (Å²) in [5.74, 6) is 0.400. The third-order valence-corrected chi connectivity index (χ3v) is 4.71. The molecule has 0 spiro atoms. The van der Waals surface area contributed by atoms with Gasteiger partial charge in [0, 0.05) is 24.8 Å². The van der Waals surface area contributed by atoms with Crippen molar-refractivity contribution in [2.24, 2.45) is 0 Å². The first-order valence-electron chi connectivity index (χ1n) is 8.14. The zero-order chi connectivity index (χ0) is 17.2. The SMILES string of the molecule is Cc1ccnc(N2CCCC(O)(c3ccccc3)CC2)c1[N+](=O)[O-]. The van der Waals surface area contributed by atoms with Crippen molar-refractivity contribution in [2.45, 2.75) is 31.8 Å². The highest BCUT2D eigenvalue weighted by molar-refractivity contribution is 5.61. The number of aliphatic hydroxyl groups is 1. The minimum Gasteiger partial charge on any atom is -0.385 e. The molecule has 6 heteroatoms. The summed E-state index contributed by atoms with van der Waals surface area (Å²) < 4.78 is 0. The van der Waals surface area contributed by atoms with E-state index in [-0.39, 0.29) is 10.6 Å². The van der Waals surface area contributed by atoms with Gasteiger partial charge in [0.25, 0.3) is 0 Å². The molecule has 0 amide bonds. The fraction of sp³-hybridized carbons (Fsp3) is 0.389. The summed E-state index contributed by atoms with van der Waals surface area (Å²) in [5, 5.41) is 22.4. The summed E-state index contributed by atoms with van der Waals surface area (Å²) in [6.45, 7) is 2.90. The normalized spacial score (nSPS) is 21.3. The first kappa shape index (κ1) is 16.4. The molecule has 1 aliphatic rings. The van der Waals surface area contributed by atoms with Crippen molar-refractivity contribution in [1.82, 2.24) is 4.98 Å². The number of pyridine rings is 1. The molecule has 1 unspecified atom stereocenters. The molecule has 24 heavy (non-hydrogen) atoms. The number of nitro groups is 1. The van der Waals surface area contributed by atoms with Gasteiger partial charge < -0.3 is 10.0 Å². The van der Waals surface area contributed by atoms with E-state index in [1.54, 1.807) is 19.2 Å². The quantitative estimate of drug-likeness (QED) is 0.692. The highest BCUT2D eigenvalue weighted by Gasteiger charge is 2.34. The molecular weight excluding hydrogens is 306 g/mol. The summed E-state index contributed by atoms with van der Waals surface area (Å²) in [7, 11) is 0. The van der Waals surface area contributed by atoms with Gasteiger partial charge in [0.05, 0.1) is 10.5 Å². The van der Waals surface area contributed by atoms with Crippen LogP contribution in [-0.4, -0.2) is 28.1 Å². The first-order chi connectivity index (χ1) is 11.5. The lowest BCUT2D eigenvalue weighted by Crippen LogP contribution is -2.30. The van der Waals surface area contributed by atoms with Gasteiger partial charge in [-0.05, 0) is 37.8 Å². The second-order valence-electron chi connectivity index (χ2n) is 6.30. The fourth-order valence-electron chi connectivity index (χ4n) is 3.36. The Morgan fingerprint density at radius 2 is 1.96 bits per heavy atom. The van der Waals surface area contributed by atoms with Gasteiger partial charge in [-0.2, -0.15) is 0 Å². The first-order valence-corrected chi connectivity index (χ1v) is 8.14. The minimum absolute atomic E-state index is 0.0580. The van der Waals surface area contributed by atoms with Crippen LogP contribution in [0.1, 0.15) is 30.4 Å². The van der Waals surface area contributed by atoms with Crippen molar-refractivity contribution in [3.8, 4) is 0 Å². The summed E-state index contributed by atoms with van der Waals surface area (Å²) >= 11 is 0.